The lowest BCUT2D eigenvalue weighted by Gasteiger charge is -2.32. The number of rotatable bonds is 3. The maximum absolute atomic E-state index is 6.07. The Kier molecular flexibility index (Phi) is 4.22. The first kappa shape index (κ1) is 15.2. The van der Waals surface area contributed by atoms with Crippen LogP contribution in [0, 0.1) is 6.92 Å². The minimum absolute atomic E-state index is 0.302. The molecule has 0 N–H and O–H groups in total. The lowest BCUT2D eigenvalue weighted by atomic mass is 9.78. The van der Waals surface area contributed by atoms with Gasteiger partial charge in [-0.25, -0.2) is 0 Å². The smallest absolute Gasteiger partial charge is 0.400 e. The fraction of sp³-hybridized carbons (Fsp3) is 0.571. The summed E-state index contributed by atoms with van der Waals surface area (Å²) < 4.78 is 12.1. The molecule has 0 radical (unpaired) electrons. The van der Waals surface area contributed by atoms with Crippen molar-refractivity contribution in [1.82, 2.24) is 0 Å². The van der Waals surface area contributed by atoms with E-state index in [0.717, 1.165) is 5.47 Å². The van der Waals surface area contributed by atoms with Crippen LogP contribution in [-0.2, 0) is 9.31 Å². The summed E-state index contributed by atoms with van der Waals surface area (Å²) in [6.07, 6.45) is 2.14. The van der Waals surface area contributed by atoms with Crippen LogP contribution in [0.15, 0.2) is 16.2 Å². The van der Waals surface area contributed by atoms with Gasteiger partial charge < -0.3 is 9.31 Å². The minimum Gasteiger partial charge on any atom is -0.400 e. The molecule has 0 amide bonds. The van der Waals surface area contributed by atoms with Gasteiger partial charge in [0.1, 0.15) is 0 Å². The molecule has 1 aliphatic rings. The second kappa shape index (κ2) is 5.28. The van der Waals surface area contributed by atoms with E-state index < -0.39 is 0 Å². The van der Waals surface area contributed by atoms with E-state index >= 15 is 0 Å². The minimum atomic E-state index is -0.304. The lowest BCUT2D eigenvalue weighted by molar-refractivity contribution is 0.00578. The highest BCUT2D eigenvalue weighted by Gasteiger charge is 2.52. The Hall–Kier alpha value is -0.225. The van der Waals surface area contributed by atoms with Gasteiger partial charge in [0.25, 0.3) is 0 Å². The van der Waals surface area contributed by atoms with Crippen molar-refractivity contribution in [3.05, 3.63) is 27.4 Å². The van der Waals surface area contributed by atoms with Crippen molar-refractivity contribution >= 4 is 37.2 Å². The molecule has 1 saturated heterocycles. The number of hydrogen-bond acceptors (Lipinski definition) is 4. The maximum Gasteiger partial charge on any atom is 0.491 e. The van der Waals surface area contributed by atoms with Gasteiger partial charge in [0.05, 0.1) is 11.2 Å². The zero-order valence-electron chi connectivity index (χ0n) is 12.2. The molecule has 1 aromatic rings. The number of aryl methyl sites for hydroxylation is 1. The first-order valence-electron chi connectivity index (χ1n) is 6.46. The Bertz CT molecular complexity index is 475. The van der Waals surface area contributed by atoms with Gasteiger partial charge in [0, 0.05) is 5.75 Å². The van der Waals surface area contributed by atoms with Crippen molar-refractivity contribution in [1.29, 1.82) is 0 Å². The summed E-state index contributed by atoms with van der Waals surface area (Å²) in [6, 6.07) is 0. The average molecular weight is 296 g/mol. The van der Waals surface area contributed by atoms with Crippen molar-refractivity contribution in [2.45, 2.75) is 45.8 Å². The molecular weight excluding hydrogens is 275 g/mol. The van der Waals surface area contributed by atoms with E-state index in [0.29, 0.717) is 5.75 Å². The fourth-order valence-corrected chi connectivity index (χ4v) is 2.95. The number of thiol groups is 1. The van der Waals surface area contributed by atoms with Crippen LogP contribution < -0.4 is 0 Å². The molecule has 0 spiro atoms. The Morgan fingerprint density at radius 1 is 1.26 bits per heavy atom. The third kappa shape index (κ3) is 2.94. The Labute approximate surface area is 125 Å². The molecule has 0 saturated carbocycles. The molecule has 0 atom stereocenters. The quantitative estimate of drug-likeness (QED) is 0.671. The van der Waals surface area contributed by atoms with Gasteiger partial charge in [-0.3, -0.25) is 0 Å². The molecule has 0 aliphatic carbocycles. The number of hydrogen-bond donors (Lipinski definition) is 1. The molecule has 1 aliphatic heterocycles. The molecule has 1 fully saturated rings. The van der Waals surface area contributed by atoms with E-state index in [9.17, 15) is 0 Å². The molecule has 0 aromatic carbocycles. The highest BCUT2D eigenvalue weighted by atomic mass is 32.1. The number of thiophene rings is 1. The Morgan fingerprint density at radius 2 is 1.84 bits per heavy atom. The van der Waals surface area contributed by atoms with Gasteiger partial charge in [-0.2, -0.15) is 24.0 Å². The van der Waals surface area contributed by atoms with Crippen molar-refractivity contribution in [2.24, 2.45) is 0 Å². The van der Waals surface area contributed by atoms with Crippen LogP contribution in [0.4, 0.5) is 0 Å². The topological polar surface area (TPSA) is 18.5 Å². The van der Waals surface area contributed by atoms with E-state index in [-0.39, 0.29) is 18.3 Å². The average Bonchev–Trinajstić information content (AvgIpc) is 2.78. The summed E-state index contributed by atoms with van der Waals surface area (Å²) in [5.74, 6) is 0.631. The van der Waals surface area contributed by atoms with E-state index in [1.807, 2.05) is 0 Å². The highest BCUT2D eigenvalue weighted by Crippen LogP contribution is 2.39. The first-order chi connectivity index (χ1) is 8.77. The molecule has 19 heavy (non-hydrogen) atoms. The second-order valence-corrected chi connectivity index (χ2v) is 7.04. The first-order valence-corrected chi connectivity index (χ1v) is 8.04. The predicted octanol–water partition coefficient (Wildman–Crippen LogP) is 4.00. The third-order valence-corrected chi connectivity index (χ3v) is 5.22. The van der Waals surface area contributed by atoms with Gasteiger partial charge in [-0.1, -0.05) is 6.08 Å². The Morgan fingerprint density at radius 3 is 2.26 bits per heavy atom. The largest absolute Gasteiger partial charge is 0.491 e. The van der Waals surface area contributed by atoms with Crippen LogP contribution >= 0.6 is 24.0 Å². The molecule has 0 bridgehead atoms. The van der Waals surface area contributed by atoms with E-state index in [2.05, 4.69) is 64.1 Å². The monoisotopic (exact) mass is 296 g/mol. The molecular formula is C14H21BO2S2. The fourth-order valence-electron chi connectivity index (χ4n) is 1.90. The molecule has 2 heterocycles. The molecule has 1 aromatic heterocycles. The Balaban J connectivity index is 2.26. The summed E-state index contributed by atoms with van der Waals surface area (Å²) in [7, 11) is -0.304. The van der Waals surface area contributed by atoms with Crippen LogP contribution in [0.3, 0.4) is 0 Å². The summed E-state index contributed by atoms with van der Waals surface area (Å²) in [6.45, 7) is 10.4. The van der Waals surface area contributed by atoms with E-state index in [1.165, 1.54) is 11.1 Å². The van der Waals surface area contributed by atoms with Crippen molar-refractivity contribution < 1.29 is 9.31 Å². The van der Waals surface area contributed by atoms with Gasteiger partial charge in [-0.15, -0.1) is 0 Å². The van der Waals surface area contributed by atoms with E-state index in [4.69, 9.17) is 9.31 Å². The summed E-state index contributed by atoms with van der Waals surface area (Å²) in [4.78, 5) is 0. The molecule has 104 valence electrons. The standard InChI is InChI=1S/C14H21BO2S2/c1-10-8-19-9-11(10)6-12(7-18)15-16-13(2,3)14(4,5)17-15/h6,8-9,18H,7H2,1-5H3. The van der Waals surface area contributed by atoms with Gasteiger partial charge in [-0.05, 0) is 62.0 Å². The van der Waals surface area contributed by atoms with Crippen LogP contribution in [0.25, 0.3) is 6.08 Å². The van der Waals surface area contributed by atoms with Crippen LogP contribution in [-0.4, -0.2) is 24.1 Å². The SMILES string of the molecule is Cc1cscc1C=C(CS)B1OC(C)(C)C(C)(C)O1. The molecule has 2 nitrogen and oxygen atoms in total. The summed E-state index contributed by atoms with van der Waals surface area (Å²) in [5.41, 5.74) is 2.97. The third-order valence-electron chi connectivity index (χ3n) is 3.97. The summed E-state index contributed by atoms with van der Waals surface area (Å²) >= 11 is 6.13. The van der Waals surface area contributed by atoms with Crippen LogP contribution in [0.2, 0.25) is 0 Å². The van der Waals surface area contributed by atoms with Gasteiger partial charge in [0.2, 0.25) is 0 Å². The van der Waals surface area contributed by atoms with Gasteiger partial charge >= 0.3 is 7.12 Å². The van der Waals surface area contributed by atoms with Crippen molar-refractivity contribution in [3.8, 4) is 0 Å². The lowest BCUT2D eigenvalue weighted by Crippen LogP contribution is -2.41. The van der Waals surface area contributed by atoms with Gasteiger partial charge in [0.15, 0.2) is 0 Å². The zero-order chi connectivity index (χ0) is 14.3. The molecule has 5 heteroatoms. The maximum atomic E-state index is 6.07. The highest BCUT2D eigenvalue weighted by molar-refractivity contribution is 7.80. The van der Waals surface area contributed by atoms with Crippen LogP contribution in [0.5, 0.6) is 0 Å². The van der Waals surface area contributed by atoms with Crippen molar-refractivity contribution in [3.63, 3.8) is 0 Å². The summed E-state index contributed by atoms with van der Waals surface area (Å²) in [5, 5.41) is 4.29. The van der Waals surface area contributed by atoms with Crippen LogP contribution in [0.1, 0.15) is 38.8 Å². The molecule has 0 unspecified atom stereocenters. The van der Waals surface area contributed by atoms with Crippen molar-refractivity contribution in [2.75, 3.05) is 5.75 Å². The molecule has 2 rings (SSSR count). The zero-order valence-corrected chi connectivity index (χ0v) is 13.9. The second-order valence-electron chi connectivity index (χ2n) is 5.98. The van der Waals surface area contributed by atoms with E-state index in [1.54, 1.807) is 11.3 Å². The predicted molar refractivity (Wildman–Crippen MR) is 87.0 cm³/mol. The normalized spacial score (nSPS) is 22.0.